The summed E-state index contributed by atoms with van der Waals surface area (Å²) < 4.78 is 5.13. The van der Waals surface area contributed by atoms with Gasteiger partial charge in [0.1, 0.15) is 12.1 Å². The first-order valence-electron chi connectivity index (χ1n) is 8.25. The van der Waals surface area contributed by atoms with Crippen molar-refractivity contribution in [3.05, 3.63) is 76.6 Å². The summed E-state index contributed by atoms with van der Waals surface area (Å²) in [6.45, 7) is 0.385. The second kappa shape index (κ2) is 8.13. The van der Waals surface area contributed by atoms with E-state index < -0.39 is 4.92 Å². The predicted octanol–water partition coefficient (Wildman–Crippen LogP) is 3.77. The number of para-hydroxylation sites is 1. The standard InChI is InChI=1S/C19H19N5O3/c1-23(15-6-4-3-5-7-15)19-17(24(25)26)18(21-13-22-19)20-12-14-8-10-16(27-2)11-9-14/h3-11,13H,12H2,1-2H3,(H,20,21,22). The number of rotatable bonds is 7. The predicted molar refractivity (Wildman–Crippen MR) is 104 cm³/mol. The molecule has 8 heteroatoms. The molecule has 0 fully saturated rings. The second-order valence-corrected chi connectivity index (χ2v) is 5.75. The number of aromatic nitrogens is 2. The monoisotopic (exact) mass is 365 g/mol. The van der Waals surface area contributed by atoms with Gasteiger partial charge < -0.3 is 15.0 Å². The minimum atomic E-state index is -0.467. The van der Waals surface area contributed by atoms with E-state index in [1.807, 2.05) is 54.6 Å². The maximum absolute atomic E-state index is 11.7. The Morgan fingerprint density at radius 3 is 2.44 bits per heavy atom. The maximum atomic E-state index is 11.7. The second-order valence-electron chi connectivity index (χ2n) is 5.75. The molecule has 1 N–H and O–H groups in total. The van der Waals surface area contributed by atoms with E-state index in [0.29, 0.717) is 6.54 Å². The van der Waals surface area contributed by atoms with E-state index in [4.69, 9.17) is 4.74 Å². The van der Waals surface area contributed by atoms with Crippen molar-refractivity contribution in [2.45, 2.75) is 6.54 Å². The number of hydrogen-bond acceptors (Lipinski definition) is 7. The van der Waals surface area contributed by atoms with E-state index in [-0.39, 0.29) is 17.3 Å². The van der Waals surface area contributed by atoms with Crippen molar-refractivity contribution in [3.8, 4) is 5.75 Å². The molecule has 138 valence electrons. The Morgan fingerprint density at radius 1 is 1.11 bits per heavy atom. The molecule has 0 spiro atoms. The number of nitrogens with one attached hydrogen (secondary N) is 1. The third-order valence-corrected chi connectivity index (χ3v) is 4.07. The van der Waals surface area contributed by atoms with Gasteiger partial charge in [0, 0.05) is 19.3 Å². The third-order valence-electron chi connectivity index (χ3n) is 4.07. The Morgan fingerprint density at radius 2 is 1.81 bits per heavy atom. The molecule has 0 bridgehead atoms. The van der Waals surface area contributed by atoms with Crippen LogP contribution in [0.15, 0.2) is 60.9 Å². The number of anilines is 3. The lowest BCUT2D eigenvalue weighted by molar-refractivity contribution is -0.383. The lowest BCUT2D eigenvalue weighted by Crippen LogP contribution is -2.15. The minimum absolute atomic E-state index is 0.169. The molecule has 0 atom stereocenters. The largest absolute Gasteiger partial charge is 0.497 e. The lowest BCUT2D eigenvalue weighted by atomic mass is 10.2. The zero-order valence-electron chi connectivity index (χ0n) is 15.0. The van der Waals surface area contributed by atoms with Gasteiger partial charge in [-0.15, -0.1) is 0 Å². The van der Waals surface area contributed by atoms with Crippen LogP contribution in [0.2, 0.25) is 0 Å². The average molecular weight is 365 g/mol. The smallest absolute Gasteiger partial charge is 0.353 e. The van der Waals surface area contributed by atoms with Crippen LogP contribution in [0, 0.1) is 10.1 Å². The molecule has 0 saturated heterocycles. The summed E-state index contributed by atoms with van der Waals surface area (Å²) >= 11 is 0. The summed E-state index contributed by atoms with van der Waals surface area (Å²) in [6, 6.07) is 16.8. The number of nitrogens with zero attached hydrogens (tertiary/aromatic N) is 4. The molecule has 0 radical (unpaired) electrons. The molecule has 0 saturated carbocycles. The fourth-order valence-corrected chi connectivity index (χ4v) is 2.62. The van der Waals surface area contributed by atoms with E-state index in [1.54, 1.807) is 19.1 Å². The van der Waals surface area contributed by atoms with Gasteiger partial charge in [0.15, 0.2) is 0 Å². The molecule has 3 aromatic rings. The molecule has 0 aliphatic heterocycles. The van der Waals surface area contributed by atoms with Crippen LogP contribution in [0.1, 0.15) is 5.56 Å². The van der Waals surface area contributed by atoms with Crippen molar-refractivity contribution in [1.29, 1.82) is 0 Å². The fourth-order valence-electron chi connectivity index (χ4n) is 2.62. The van der Waals surface area contributed by atoms with Gasteiger partial charge >= 0.3 is 5.69 Å². The number of ether oxygens (including phenoxy) is 1. The van der Waals surface area contributed by atoms with E-state index in [9.17, 15) is 10.1 Å². The summed E-state index contributed by atoms with van der Waals surface area (Å²) in [5.41, 5.74) is 1.57. The van der Waals surface area contributed by atoms with E-state index in [0.717, 1.165) is 17.0 Å². The van der Waals surface area contributed by atoms with Crippen molar-refractivity contribution in [2.24, 2.45) is 0 Å². The Labute approximate surface area is 156 Å². The fraction of sp³-hybridized carbons (Fsp3) is 0.158. The number of nitro groups is 1. The highest BCUT2D eigenvalue weighted by molar-refractivity contribution is 5.75. The Balaban J connectivity index is 1.88. The van der Waals surface area contributed by atoms with Gasteiger partial charge in [-0.1, -0.05) is 30.3 Å². The quantitative estimate of drug-likeness (QED) is 0.503. The van der Waals surface area contributed by atoms with Gasteiger partial charge in [-0.05, 0) is 29.8 Å². The van der Waals surface area contributed by atoms with Gasteiger partial charge in [-0.2, -0.15) is 0 Å². The lowest BCUT2D eigenvalue weighted by Gasteiger charge is -2.18. The molecule has 27 heavy (non-hydrogen) atoms. The zero-order chi connectivity index (χ0) is 19.2. The van der Waals surface area contributed by atoms with Crippen LogP contribution < -0.4 is 15.0 Å². The van der Waals surface area contributed by atoms with E-state index >= 15 is 0 Å². The van der Waals surface area contributed by atoms with E-state index in [2.05, 4.69) is 15.3 Å². The number of benzene rings is 2. The van der Waals surface area contributed by atoms with Crippen LogP contribution in [-0.2, 0) is 6.54 Å². The molecular formula is C19H19N5O3. The Kier molecular flexibility index (Phi) is 5.46. The molecular weight excluding hydrogens is 346 g/mol. The minimum Gasteiger partial charge on any atom is -0.497 e. The summed E-state index contributed by atoms with van der Waals surface area (Å²) in [5.74, 6) is 1.14. The van der Waals surface area contributed by atoms with Crippen molar-refractivity contribution < 1.29 is 9.66 Å². The summed E-state index contributed by atoms with van der Waals surface area (Å²) in [4.78, 5) is 21.1. The summed E-state index contributed by atoms with van der Waals surface area (Å²) in [6.07, 6.45) is 1.32. The molecule has 0 unspecified atom stereocenters. The van der Waals surface area contributed by atoms with Gasteiger partial charge in [-0.3, -0.25) is 10.1 Å². The molecule has 1 aromatic heterocycles. The van der Waals surface area contributed by atoms with E-state index in [1.165, 1.54) is 6.33 Å². The normalized spacial score (nSPS) is 10.3. The number of hydrogen-bond donors (Lipinski definition) is 1. The first-order valence-corrected chi connectivity index (χ1v) is 8.25. The van der Waals surface area contributed by atoms with Crippen molar-refractivity contribution in [1.82, 2.24) is 9.97 Å². The van der Waals surface area contributed by atoms with Crippen LogP contribution in [0.5, 0.6) is 5.75 Å². The van der Waals surface area contributed by atoms with Crippen LogP contribution in [0.3, 0.4) is 0 Å². The van der Waals surface area contributed by atoms with Crippen LogP contribution >= 0.6 is 0 Å². The van der Waals surface area contributed by atoms with Crippen molar-refractivity contribution in [2.75, 3.05) is 24.4 Å². The van der Waals surface area contributed by atoms with Crippen molar-refractivity contribution >= 4 is 23.0 Å². The molecule has 3 rings (SSSR count). The molecule has 2 aromatic carbocycles. The topological polar surface area (TPSA) is 93.4 Å². The summed E-state index contributed by atoms with van der Waals surface area (Å²) in [5, 5.41) is 14.8. The first kappa shape index (κ1) is 18.1. The molecule has 0 amide bonds. The van der Waals surface area contributed by atoms with Crippen LogP contribution in [0.25, 0.3) is 0 Å². The number of methoxy groups -OCH3 is 1. The molecule has 8 nitrogen and oxygen atoms in total. The van der Waals surface area contributed by atoms with Gasteiger partial charge in [0.25, 0.3) is 0 Å². The maximum Gasteiger partial charge on any atom is 0.353 e. The molecule has 1 heterocycles. The SMILES string of the molecule is COc1ccc(CNc2ncnc(N(C)c3ccccc3)c2[N+](=O)[O-])cc1. The van der Waals surface area contributed by atoms with Gasteiger partial charge in [0.2, 0.25) is 11.6 Å². The molecule has 0 aliphatic rings. The van der Waals surface area contributed by atoms with Gasteiger partial charge in [0.05, 0.1) is 12.0 Å². The van der Waals surface area contributed by atoms with Crippen LogP contribution in [0.4, 0.5) is 23.0 Å². The van der Waals surface area contributed by atoms with Crippen LogP contribution in [-0.4, -0.2) is 29.0 Å². The van der Waals surface area contributed by atoms with Crippen molar-refractivity contribution in [3.63, 3.8) is 0 Å². The highest BCUT2D eigenvalue weighted by atomic mass is 16.6. The highest BCUT2D eigenvalue weighted by Crippen LogP contribution is 2.34. The Hall–Kier alpha value is -3.68. The third kappa shape index (κ3) is 4.12. The summed E-state index contributed by atoms with van der Waals surface area (Å²) in [7, 11) is 3.33. The highest BCUT2D eigenvalue weighted by Gasteiger charge is 2.26. The van der Waals surface area contributed by atoms with Gasteiger partial charge in [-0.25, -0.2) is 9.97 Å². The first-order chi connectivity index (χ1) is 13.1. The zero-order valence-corrected chi connectivity index (χ0v) is 15.0. The average Bonchev–Trinajstić information content (AvgIpc) is 2.72. The molecule has 0 aliphatic carbocycles. The Bertz CT molecular complexity index is 916.